The minimum Gasteiger partial charge on any atom is -0.497 e. The van der Waals surface area contributed by atoms with Crippen LogP contribution in [-0.2, 0) is 17.1 Å². The number of thioether (sulfide) groups is 1. The van der Waals surface area contributed by atoms with Crippen molar-refractivity contribution in [2.75, 3.05) is 19.9 Å². The van der Waals surface area contributed by atoms with Crippen LogP contribution in [0.5, 0.6) is 5.75 Å². The summed E-state index contributed by atoms with van der Waals surface area (Å²) in [4.78, 5) is 13.9. The Balaban J connectivity index is 1.80. The third-order valence-corrected chi connectivity index (χ3v) is 4.60. The fourth-order valence-electron chi connectivity index (χ4n) is 2.15. The molecule has 0 bridgehead atoms. The highest BCUT2D eigenvalue weighted by Crippen LogP contribution is 2.20. The lowest BCUT2D eigenvalue weighted by Gasteiger charge is -2.17. The van der Waals surface area contributed by atoms with Gasteiger partial charge in [-0.3, -0.25) is 4.79 Å². The number of rotatable bonds is 7. The molecule has 2 rings (SSSR count). The molecule has 1 aromatic carbocycles. The minimum absolute atomic E-state index is 0.109. The molecule has 0 unspecified atom stereocenters. The quantitative estimate of drug-likeness (QED) is 0.778. The van der Waals surface area contributed by atoms with Crippen molar-refractivity contribution in [1.82, 2.24) is 10.1 Å². The number of benzene rings is 1. The normalized spacial score (nSPS) is 10.6. The van der Waals surface area contributed by atoms with Crippen molar-refractivity contribution in [2.45, 2.75) is 26.1 Å². The Morgan fingerprint density at radius 3 is 2.57 bits per heavy atom. The van der Waals surface area contributed by atoms with E-state index >= 15 is 0 Å². The number of hydrogen-bond acceptors (Lipinski definition) is 5. The van der Waals surface area contributed by atoms with E-state index in [1.807, 2.05) is 45.2 Å². The van der Waals surface area contributed by atoms with E-state index < -0.39 is 0 Å². The van der Waals surface area contributed by atoms with Crippen LogP contribution in [0.15, 0.2) is 28.8 Å². The molecule has 0 saturated heterocycles. The van der Waals surface area contributed by atoms with Crippen molar-refractivity contribution < 1.29 is 14.1 Å². The molecule has 0 spiro atoms. The Labute approximate surface area is 141 Å². The van der Waals surface area contributed by atoms with Crippen LogP contribution in [0.25, 0.3) is 0 Å². The summed E-state index contributed by atoms with van der Waals surface area (Å²) in [5.41, 5.74) is 3.06. The van der Waals surface area contributed by atoms with Crippen LogP contribution >= 0.6 is 11.8 Å². The first-order chi connectivity index (χ1) is 11.0. The van der Waals surface area contributed by atoms with Gasteiger partial charge in [0.15, 0.2) is 0 Å². The van der Waals surface area contributed by atoms with E-state index in [0.29, 0.717) is 12.3 Å². The number of aryl methyl sites for hydroxylation is 2. The Kier molecular flexibility index (Phi) is 6.10. The van der Waals surface area contributed by atoms with Gasteiger partial charge >= 0.3 is 0 Å². The molecule has 0 N–H and O–H groups in total. The Morgan fingerprint density at radius 2 is 2.00 bits per heavy atom. The second-order valence-electron chi connectivity index (χ2n) is 5.39. The third-order valence-electron chi connectivity index (χ3n) is 3.66. The lowest BCUT2D eigenvalue weighted by atomic mass is 10.2. The Morgan fingerprint density at radius 1 is 1.30 bits per heavy atom. The highest BCUT2D eigenvalue weighted by Gasteiger charge is 2.12. The van der Waals surface area contributed by atoms with Gasteiger partial charge in [-0.25, -0.2) is 0 Å². The van der Waals surface area contributed by atoms with Crippen molar-refractivity contribution in [1.29, 1.82) is 0 Å². The highest BCUT2D eigenvalue weighted by atomic mass is 32.2. The molecule has 0 saturated carbocycles. The molecular weight excluding hydrogens is 312 g/mol. The van der Waals surface area contributed by atoms with Gasteiger partial charge in [-0.05, 0) is 31.5 Å². The SMILES string of the molecule is COc1ccc(CN(C)C(=O)CSCc2c(C)noc2C)cc1. The maximum atomic E-state index is 12.2. The number of aromatic nitrogens is 1. The second kappa shape index (κ2) is 8.06. The van der Waals surface area contributed by atoms with Gasteiger partial charge in [0, 0.05) is 24.9 Å². The molecule has 2 aromatic rings. The van der Waals surface area contributed by atoms with E-state index in [0.717, 1.165) is 34.1 Å². The van der Waals surface area contributed by atoms with Crippen molar-refractivity contribution >= 4 is 17.7 Å². The molecule has 1 amide bonds. The number of methoxy groups -OCH3 is 1. The van der Waals surface area contributed by atoms with Crippen LogP contribution in [0.1, 0.15) is 22.6 Å². The summed E-state index contributed by atoms with van der Waals surface area (Å²) in [6.07, 6.45) is 0. The Bertz CT molecular complexity index is 633. The van der Waals surface area contributed by atoms with Crippen molar-refractivity contribution in [3.8, 4) is 5.75 Å². The molecular formula is C17H22N2O3S. The van der Waals surface area contributed by atoms with E-state index in [2.05, 4.69) is 5.16 Å². The van der Waals surface area contributed by atoms with Gasteiger partial charge < -0.3 is 14.2 Å². The lowest BCUT2D eigenvalue weighted by molar-refractivity contribution is -0.127. The number of nitrogens with zero attached hydrogens (tertiary/aromatic N) is 2. The van der Waals surface area contributed by atoms with E-state index in [1.165, 1.54) is 0 Å². The van der Waals surface area contributed by atoms with Crippen LogP contribution in [0, 0.1) is 13.8 Å². The Hall–Kier alpha value is -1.95. The summed E-state index contributed by atoms with van der Waals surface area (Å²) in [7, 11) is 3.46. The van der Waals surface area contributed by atoms with Crippen LogP contribution in [-0.4, -0.2) is 35.9 Å². The van der Waals surface area contributed by atoms with Crippen LogP contribution in [0.2, 0.25) is 0 Å². The van der Waals surface area contributed by atoms with Gasteiger partial charge in [-0.1, -0.05) is 17.3 Å². The first-order valence-corrected chi connectivity index (χ1v) is 8.53. The van der Waals surface area contributed by atoms with Crippen molar-refractivity contribution in [2.24, 2.45) is 0 Å². The van der Waals surface area contributed by atoms with Crippen molar-refractivity contribution in [3.05, 3.63) is 46.8 Å². The van der Waals surface area contributed by atoms with E-state index in [4.69, 9.17) is 9.26 Å². The highest BCUT2D eigenvalue weighted by molar-refractivity contribution is 7.99. The molecule has 124 valence electrons. The number of hydrogen-bond donors (Lipinski definition) is 0. The van der Waals surface area contributed by atoms with Gasteiger partial charge in [0.05, 0.1) is 18.6 Å². The molecule has 1 heterocycles. The molecule has 0 aliphatic rings. The number of carbonyl (C=O) groups excluding carboxylic acids is 1. The fraction of sp³-hybridized carbons (Fsp3) is 0.412. The molecule has 0 radical (unpaired) electrons. The topological polar surface area (TPSA) is 55.6 Å². The smallest absolute Gasteiger partial charge is 0.232 e. The molecule has 0 fully saturated rings. The predicted molar refractivity (Wildman–Crippen MR) is 91.6 cm³/mol. The maximum Gasteiger partial charge on any atom is 0.232 e. The average Bonchev–Trinajstić information content (AvgIpc) is 2.87. The maximum absolute atomic E-state index is 12.2. The monoisotopic (exact) mass is 334 g/mol. The van der Waals surface area contributed by atoms with E-state index in [9.17, 15) is 4.79 Å². The van der Waals surface area contributed by atoms with Gasteiger partial charge in [0.2, 0.25) is 5.91 Å². The predicted octanol–water partition coefficient (Wildman–Crippen LogP) is 3.19. The molecule has 0 aliphatic carbocycles. The molecule has 0 atom stereocenters. The first-order valence-electron chi connectivity index (χ1n) is 7.37. The average molecular weight is 334 g/mol. The van der Waals surface area contributed by atoms with Crippen molar-refractivity contribution in [3.63, 3.8) is 0 Å². The van der Waals surface area contributed by atoms with Gasteiger partial charge in [0.25, 0.3) is 0 Å². The zero-order valence-corrected chi connectivity index (χ0v) is 14.8. The molecule has 23 heavy (non-hydrogen) atoms. The van der Waals surface area contributed by atoms with Gasteiger partial charge in [-0.15, -0.1) is 11.8 Å². The second-order valence-corrected chi connectivity index (χ2v) is 6.38. The largest absolute Gasteiger partial charge is 0.497 e. The zero-order valence-electron chi connectivity index (χ0n) is 14.0. The van der Waals surface area contributed by atoms with Crippen LogP contribution < -0.4 is 4.74 Å². The number of ether oxygens (including phenoxy) is 1. The van der Waals surface area contributed by atoms with Crippen LogP contribution in [0.3, 0.4) is 0 Å². The number of carbonyl (C=O) groups is 1. The minimum atomic E-state index is 0.109. The summed E-state index contributed by atoms with van der Waals surface area (Å²) in [6, 6.07) is 7.75. The number of amides is 1. The standard InChI is InChI=1S/C17H22N2O3S/c1-12-16(13(2)22-18-12)10-23-11-17(20)19(3)9-14-5-7-15(21-4)8-6-14/h5-8H,9-11H2,1-4H3. The van der Waals surface area contributed by atoms with Gasteiger partial charge in [0.1, 0.15) is 11.5 Å². The molecule has 6 heteroatoms. The summed E-state index contributed by atoms with van der Waals surface area (Å²) in [6.45, 7) is 4.41. The van der Waals surface area contributed by atoms with E-state index in [1.54, 1.807) is 23.8 Å². The molecule has 0 aliphatic heterocycles. The zero-order chi connectivity index (χ0) is 16.8. The summed E-state index contributed by atoms with van der Waals surface area (Å²) in [5.74, 6) is 2.93. The molecule has 1 aromatic heterocycles. The lowest BCUT2D eigenvalue weighted by Crippen LogP contribution is -2.27. The molecule has 5 nitrogen and oxygen atoms in total. The van der Waals surface area contributed by atoms with Gasteiger partial charge in [-0.2, -0.15) is 0 Å². The first kappa shape index (κ1) is 17.4. The third kappa shape index (κ3) is 4.76. The summed E-state index contributed by atoms with van der Waals surface area (Å²) in [5, 5.41) is 3.93. The summed E-state index contributed by atoms with van der Waals surface area (Å²) >= 11 is 1.58. The van der Waals surface area contributed by atoms with E-state index in [-0.39, 0.29) is 5.91 Å². The fourth-order valence-corrected chi connectivity index (χ4v) is 3.26. The summed E-state index contributed by atoms with van der Waals surface area (Å²) < 4.78 is 10.3. The van der Waals surface area contributed by atoms with Crippen LogP contribution in [0.4, 0.5) is 0 Å².